The van der Waals surface area contributed by atoms with Crippen molar-refractivity contribution < 1.29 is 0 Å². The number of hydrogen-bond acceptors (Lipinski definition) is 3. The predicted octanol–water partition coefficient (Wildman–Crippen LogP) is 4.46. The second-order valence-corrected chi connectivity index (χ2v) is 7.15. The summed E-state index contributed by atoms with van der Waals surface area (Å²) in [6.07, 6.45) is 0. The molecule has 0 amide bonds. The van der Waals surface area contributed by atoms with Gasteiger partial charge < -0.3 is 0 Å². The minimum atomic E-state index is -0.349. The van der Waals surface area contributed by atoms with E-state index >= 15 is 0 Å². The minimum Gasteiger partial charge on any atom is -0.290 e. The third-order valence-electron chi connectivity index (χ3n) is 3.19. The van der Waals surface area contributed by atoms with E-state index < -0.39 is 0 Å². The number of nitrogens with zero attached hydrogens (tertiary/aromatic N) is 2. The monoisotopic (exact) mass is 338 g/mol. The molecule has 108 valence electrons. The molecule has 0 aliphatic heterocycles. The number of fused-ring (bicyclic) bond motifs is 1. The molecule has 3 rings (SSSR count). The third kappa shape index (κ3) is 2.84. The van der Waals surface area contributed by atoms with Crippen LogP contribution in [0, 0.1) is 0 Å². The lowest BCUT2D eigenvalue weighted by Crippen LogP contribution is -2.26. The lowest BCUT2D eigenvalue weighted by Gasteiger charge is -2.14. The standard InChI is InChI=1S/C15H12Cl2N2OS/c1-9(16)14-18-12-5-3-2-4-11(12)15(20)19(14)8-10-6-7-13(17)21-10/h2-7,9H,8H2,1H3. The van der Waals surface area contributed by atoms with Crippen LogP contribution >= 0.6 is 34.5 Å². The molecular formula is C15H12Cl2N2OS. The van der Waals surface area contributed by atoms with Gasteiger partial charge in [0, 0.05) is 4.88 Å². The number of para-hydroxylation sites is 1. The van der Waals surface area contributed by atoms with Crippen molar-refractivity contribution in [2.45, 2.75) is 18.8 Å². The van der Waals surface area contributed by atoms with Crippen LogP contribution in [0.5, 0.6) is 0 Å². The maximum Gasteiger partial charge on any atom is 0.261 e. The van der Waals surface area contributed by atoms with Gasteiger partial charge in [0.25, 0.3) is 5.56 Å². The van der Waals surface area contributed by atoms with Crippen molar-refractivity contribution in [1.82, 2.24) is 9.55 Å². The zero-order valence-electron chi connectivity index (χ0n) is 11.2. The van der Waals surface area contributed by atoms with Gasteiger partial charge in [0.15, 0.2) is 0 Å². The maximum absolute atomic E-state index is 12.7. The van der Waals surface area contributed by atoms with Crippen LogP contribution in [0.3, 0.4) is 0 Å². The van der Waals surface area contributed by atoms with Crippen LogP contribution in [-0.2, 0) is 6.54 Å². The SMILES string of the molecule is CC(Cl)c1nc2ccccc2c(=O)n1Cc1ccc(Cl)s1. The lowest BCUT2D eigenvalue weighted by atomic mass is 10.2. The zero-order chi connectivity index (χ0) is 15.0. The van der Waals surface area contributed by atoms with E-state index in [-0.39, 0.29) is 10.9 Å². The van der Waals surface area contributed by atoms with E-state index in [4.69, 9.17) is 23.2 Å². The Morgan fingerprint density at radius 2 is 2.05 bits per heavy atom. The molecule has 1 aromatic carbocycles. The van der Waals surface area contributed by atoms with E-state index in [0.29, 0.717) is 27.6 Å². The molecule has 0 fully saturated rings. The summed E-state index contributed by atoms with van der Waals surface area (Å²) < 4.78 is 2.33. The summed E-state index contributed by atoms with van der Waals surface area (Å²) in [5.74, 6) is 0.574. The number of rotatable bonds is 3. The molecule has 2 aromatic heterocycles. The van der Waals surface area contributed by atoms with Crippen LogP contribution in [0.25, 0.3) is 10.9 Å². The molecule has 6 heteroatoms. The summed E-state index contributed by atoms with van der Waals surface area (Å²) in [7, 11) is 0. The zero-order valence-corrected chi connectivity index (χ0v) is 13.5. The molecule has 1 atom stereocenters. The van der Waals surface area contributed by atoms with E-state index in [1.807, 2.05) is 37.3 Å². The largest absolute Gasteiger partial charge is 0.290 e. The highest BCUT2D eigenvalue weighted by Crippen LogP contribution is 2.24. The van der Waals surface area contributed by atoms with Gasteiger partial charge in [0.05, 0.1) is 27.2 Å². The Morgan fingerprint density at radius 3 is 2.71 bits per heavy atom. The van der Waals surface area contributed by atoms with Crippen molar-refractivity contribution in [2.24, 2.45) is 0 Å². The van der Waals surface area contributed by atoms with Gasteiger partial charge in [0.2, 0.25) is 0 Å². The molecule has 3 nitrogen and oxygen atoms in total. The second-order valence-electron chi connectivity index (χ2n) is 4.70. The fourth-order valence-electron chi connectivity index (χ4n) is 2.23. The smallest absolute Gasteiger partial charge is 0.261 e. The highest BCUT2D eigenvalue weighted by molar-refractivity contribution is 7.16. The van der Waals surface area contributed by atoms with Crippen LogP contribution in [0.1, 0.15) is 23.0 Å². The number of thiophene rings is 1. The van der Waals surface area contributed by atoms with E-state index in [1.165, 1.54) is 11.3 Å². The van der Waals surface area contributed by atoms with E-state index in [9.17, 15) is 4.79 Å². The fourth-order valence-corrected chi connectivity index (χ4v) is 3.48. The average Bonchev–Trinajstić information content (AvgIpc) is 2.87. The predicted molar refractivity (Wildman–Crippen MR) is 88.7 cm³/mol. The number of benzene rings is 1. The summed E-state index contributed by atoms with van der Waals surface area (Å²) >= 11 is 13.6. The maximum atomic E-state index is 12.7. The number of halogens is 2. The first-order valence-corrected chi connectivity index (χ1v) is 8.07. The van der Waals surface area contributed by atoms with Gasteiger partial charge in [-0.3, -0.25) is 9.36 Å². The fraction of sp³-hybridized carbons (Fsp3) is 0.200. The molecule has 3 aromatic rings. The molecule has 0 bridgehead atoms. The van der Waals surface area contributed by atoms with Crippen molar-refractivity contribution >= 4 is 45.4 Å². The highest BCUT2D eigenvalue weighted by Gasteiger charge is 2.15. The Kier molecular flexibility index (Phi) is 4.02. The normalized spacial score (nSPS) is 12.7. The molecule has 0 aliphatic rings. The van der Waals surface area contributed by atoms with Gasteiger partial charge in [0.1, 0.15) is 5.82 Å². The van der Waals surface area contributed by atoms with Crippen LogP contribution in [0.15, 0.2) is 41.2 Å². The molecule has 0 N–H and O–H groups in total. The van der Waals surface area contributed by atoms with Gasteiger partial charge >= 0.3 is 0 Å². The summed E-state index contributed by atoms with van der Waals surface area (Å²) in [5.41, 5.74) is 0.595. The third-order valence-corrected chi connectivity index (χ3v) is 4.60. The van der Waals surface area contributed by atoms with Crippen molar-refractivity contribution in [3.63, 3.8) is 0 Å². The van der Waals surface area contributed by atoms with Crippen LogP contribution in [-0.4, -0.2) is 9.55 Å². The van der Waals surface area contributed by atoms with E-state index in [0.717, 1.165) is 4.88 Å². The van der Waals surface area contributed by atoms with Gasteiger partial charge in [-0.05, 0) is 31.2 Å². The van der Waals surface area contributed by atoms with Crippen molar-refractivity contribution in [3.8, 4) is 0 Å². The second kappa shape index (κ2) is 5.79. The van der Waals surface area contributed by atoms with Crippen LogP contribution in [0.2, 0.25) is 4.34 Å². The molecular weight excluding hydrogens is 327 g/mol. The summed E-state index contributed by atoms with van der Waals surface area (Å²) in [4.78, 5) is 18.2. The topological polar surface area (TPSA) is 34.9 Å². The molecule has 0 saturated carbocycles. The van der Waals surface area contributed by atoms with Gasteiger partial charge in [-0.15, -0.1) is 22.9 Å². The van der Waals surface area contributed by atoms with Crippen molar-refractivity contribution in [1.29, 1.82) is 0 Å². The Bertz CT molecular complexity index is 854. The number of alkyl halides is 1. The van der Waals surface area contributed by atoms with E-state index in [1.54, 1.807) is 10.6 Å². The molecule has 1 unspecified atom stereocenters. The quantitative estimate of drug-likeness (QED) is 0.661. The first-order chi connectivity index (χ1) is 10.1. The molecule has 2 heterocycles. The summed E-state index contributed by atoms with van der Waals surface area (Å²) in [6.45, 7) is 2.25. The summed E-state index contributed by atoms with van der Waals surface area (Å²) in [5, 5.41) is 0.249. The molecule has 0 radical (unpaired) electrons. The van der Waals surface area contributed by atoms with Gasteiger partial charge in [-0.1, -0.05) is 23.7 Å². The van der Waals surface area contributed by atoms with Gasteiger partial charge in [-0.2, -0.15) is 0 Å². The Labute approximate surface area is 135 Å². The van der Waals surface area contributed by atoms with Crippen LogP contribution in [0.4, 0.5) is 0 Å². The molecule has 21 heavy (non-hydrogen) atoms. The first-order valence-electron chi connectivity index (χ1n) is 6.44. The lowest BCUT2D eigenvalue weighted by molar-refractivity contribution is 0.685. The Balaban J connectivity index is 2.21. The van der Waals surface area contributed by atoms with Crippen molar-refractivity contribution in [3.05, 3.63) is 61.8 Å². The number of hydrogen-bond donors (Lipinski definition) is 0. The summed E-state index contributed by atoms with van der Waals surface area (Å²) in [6, 6.07) is 11.0. The van der Waals surface area contributed by atoms with Gasteiger partial charge in [-0.25, -0.2) is 4.98 Å². The molecule has 0 saturated heterocycles. The Morgan fingerprint density at radius 1 is 1.29 bits per heavy atom. The Hall–Kier alpha value is -1.36. The van der Waals surface area contributed by atoms with Crippen molar-refractivity contribution in [2.75, 3.05) is 0 Å². The molecule has 0 aliphatic carbocycles. The average molecular weight is 339 g/mol. The highest BCUT2D eigenvalue weighted by atomic mass is 35.5. The molecule has 0 spiro atoms. The van der Waals surface area contributed by atoms with E-state index in [2.05, 4.69) is 4.98 Å². The van der Waals surface area contributed by atoms with Crippen LogP contribution < -0.4 is 5.56 Å². The minimum absolute atomic E-state index is 0.0763. The number of aromatic nitrogens is 2. The first kappa shape index (κ1) is 14.6.